The highest BCUT2D eigenvalue weighted by Crippen LogP contribution is 2.38. The second kappa shape index (κ2) is 5.97. The average molecular weight is 300 g/mol. The van der Waals surface area contributed by atoms with Gasteiger partial charge in [0.25, 0.3) is 17.0 Å². The minimum atomic E-state index is -0.461. The van der Waals surface area contributed by atoms with Gasteiger partial charge in [-0.25, -0.2) is 4.98 Å². The summed E-state index contributed by atoms with van der Waals surface area (Å²) in [5.74, 6) is -0.0238. The molecule has 2 N–H and O–H groups in total. The quantitative estimate of drug-likeness (QED) is 0.826. The van der Waals surface area contributed by atoms with E-state index in [9.17, 15) is 14.4 Å². The molecule has 2 aromatic rings. The topological polar surface area (TPSA) is 96.8 Å². The minimum Gasteiger partial charge on any atom is -0.350 e. The van der Waals surface area contributed by atoms with Crippen LogP contribution in [0.2, 0.25) is 0 Å². The van der Waals surface area contributed by atoms with Gasteiger partial charge in [-0.1, -0.05) is 0 Å². The van der Waals surface area contributed by atoms with E-state index in [0.29, 0.717) is 12.5 Å². The summed E-state index contributed by atoms with van der Waals surface area (Å²) in [6.45, 7) is 0.560. The van der Waals surface area contributed by atoms with Gasteiger partial charge in [0.05, 0.1) is 12.0 Å². The summed E-state index contributed by atoms with van der Waals surface area (Å²) in [4.78, 5) is 42.0. The van der Waals surface area contributed by atoms with Crippen LogP contribution in [0.4, 0.5) is 0 Å². The van der Waals surface area contributed by atoms with Gasteiger partial charge in [0.2, 0.25) is 0 Å². The van der Waals surface area contributed by atoms with Crippen LogP contribution >= 0.6 is 0 Å². The molecule has 2 aromatic heterocycles. The van der Waals surface area contributed by atoms with E-state index in [1.807, 2.05) is 0 Å². The van der Waals surface area contributed by atoms with Crippen molar-refractivity contribution < 1.29 is 4.79 Å². The van der Waals surface area contributed by atoms with E-state index in [1.165, 1.54) is 23.2 Å². The Balaban J connectivity index is 1.59. The van der Waals surface area contributed by atoms with Gasteiger partial charge in [0.15, 0.2) is 0 Å². The van der Waals surface area contributed by atoms with Crippen molar-refractivity contribution in [3.05, 3.63) is 62.7 Å². The van der Waals surface area contributed by atoms with E-state index in [4.69, 9.17) is 0 Å². The number of carbonyl (C=O) groups is 1. The average Bonchev–Trinajstić information content (AvgIpc) is 3.34. The molecule has 7 nitrogen and oxygen atoms in total. The molecule has 0 bridgehead atoms. The number of aromatic nitrogens is 3. The summed E-state index contributed by atoms with van der Waals surface area (Å²) in [5.41, 5.74) is 0.342. The third-order valence-corrected chi connectivity index (χ3v) is 3.60. The summed E-state index contributed by atoms with van der Waals surface area (Å²) >= 11 is 0. The molecule has 1 fully saturated rings. The highest BCUT2D eigenvalue weighted by atomic mass is 16.2. The van der Waals surface area contributed by atoms with Gasteiger partial charge in [-0.3, -0.25) is 19.0 Å². The summed E-state index contributed by atoms with van der Waals surface area (Å²) < 4.78 is 1.45. The van der Waals surface area contributed by atoms with Crippen molar-refractivity contribution in [2.24, 2.45) is 0 Å². The molecular weight excluding hydrogens is 284 g/mol. The maximum absolute atomic E-state index is 11.9. The van der Waals surface area contributed by atoms with E-state index in [1.54, 1.807) is 12.1 Å². The van der Waals surface area contributed by atoms with Crippen LogP contribution in [0.25, 0.3) is 0 Å². The fourth-order valence-corrected chi connectivity index (χ4v) is 2.20. The van der Waals surface area contributed by atoms with Crippen LogP contribution in [-0.2, 0) is 6.54 Å². The Hall–Kier alpha value is -2.70. The number of nitrogens with one attached hydrogen (secondary N) is 2. The molecule has 0 unspecified atom stereocenters. The zero-order chi connectivity index (χ0) is 15.5. The largest absolute Gasteiger partial charge is 0.350 e. The Kier molecular flexibility index (Phi) is 3.86. The van der Waals surface area contributed by atoms with E-state index in [0.717, 1.165) is 18.5 Å². The summed E-state index contributed by atoms with van der Waals surface area (Å²) in [7, 11) is 0. The van der Waals surface area contributed by atoms with E-state index < -0.39 is 11.5 Å². The van der Waals surface area contributed by atoms with Crippen LogP contribution in [0.1, 0.15) is 34.8 Å². The zero-order valence-corrected chi connectivity index (χ0v) is 11.9. The SMILES string of the molecule is O=C(NCCn1cnc(C2CC2)cc1=O)c1ccc[nH]c1=O. The smallest absolute Gasteiger partial charge is 0.260 e. The predicted octanol–water partition coefficient (Wildman–Crippen LogP) is 0.239. The Labute approximate surface area is 126 Å². The highest BCUT2D eigenvalue weighted by Gasteiger charge is 2.25. The Morgan fingerprint density at radius 3 is 2.91 bits per heavy atom. The van der Waals surface area contributed by atoms with Crippen LogP contribution in [-0.4, -0.2) is 27.0 Å². The molecule has 0 saturated heterocycles. The zero-order valence-electron chi connectivity index (χ0n) is 11.9. The summed E-state index contributed by atoms with van der Waals surface area (Å²) in [5, 5.41) is 2.62. The molecule has 0 radical (unpaired) electrons. The molecule has 0 aliphatic heterocycles. The van der Waals surface area contributed by atoms with Crippen molar-refractivity contribution in [2.45, 2.75) is 25.3 Å². The van der Waals surface area contributed by atoms with Gasteiger partial charge >= 0.3 is 0 Å². The second-order valence-corrected chi connectivity index (χ2v) is 5.29. The number of aromatic amines is 1. The van der Waals surface area contributed by atoms with E-state index >= 15 is 0 Å². The van der Waals surface area contributed by atoms with Crippen molar-refractivity contribution in [3.8, 4) is 0 Å². The van der Waals surface area contributed by atoms with Crippen LogP contribution in [0.5, 0.6) is 0 Å². The lowest BCUT2D eigenvalue weighted by Gasteiger charge is -2.07. The molecular formula is C15H16N4O3. The first-order valence-electron chi connectivity index (χ1n) is 7.17. The van der Waals surface area contributed by atoms with Crippen molar-refractivity contribution in [3.63, 3.8) is 0 Å². The third kappa shape index (κ3) is 3.13. The molecule has 0 spiro atoms. The van der Waals surface area contributed by atoms with Crippen molar-refractivity contribution in [2.75, 3.05) is 6.54 Å². The van der Waals surface area contributed by atoms with Crippen LogP contribution in [0.15, 0.2) is 40.3 Å². The van der Waals surface area contributed by atoms with Crippen LogP contribution in [0, 0.1) is 0 Å². The highest BCUT2D eigenvalue weighted by molar-refractivity contribution is 5.93. The number of pyridine rings is 1. The molecule has 0 aromatic carbocycles. The normalized spacial score (nSPS) is 13.8. The van der Waals surface area contributed by atoms with Crippen molar-refractivity contribution in [1.82, 2.24) is 19.9 Å². The van der Waals surface area contributed by atoms with Crippen LogP contribution in [0.3, 0.4) is 0 Å². The molecule has 114 valence electrons. The van der Waals surface area contributed by atoms with Crippen LogP contribution < -0.4 is 16.4 Å². The Morgan fingerprint density at radius 1 is 1.41 bits per heavy atom. The standard InChI is InChI=1S/C15H16N4O3/c20-13-8-12(10-3-4-10)18-9-19(13)7-6-17-15(22)11-2-1-5-16-14(11)21/h1-2,5,8-10H,3-4,6-7H2,(H,16,21)(H,17,22). The molecule has 1 aliphatic carbocycles. The van der Waals surface area contributed by atoms with Gasteiger partial charge in [0, 0.05) is 31.3 Å². The fourth-order valence-electron chi connectivity index (χ4n) is 2.20. The number of nitrogens with zero attached hydrogens (tertiary/aromatic N) is 2. The second-order valence-electron chi connectivity index (χ2n) is 5.29. The third-order valence-electron chi connectivity index (χ3n) is 3.60. The fraction of sp³-hybridized carbons (Fsp3) is 0.333. The molecule has 2 heterocycles. The first-order chi connectivity index (χ1) is 10.6. The molecule has 0 atom stereocenters. The van der Waals surface area contributed by atoms with Gasteiger partial charge in [-0.15, -0.1) is 0 Å². The van der Waals surface area contributed by atoms with Gasteiger partial charge in [-0.2, -0.15) is 0 Å². The summed E-state index contributed by atoms with van der Waals surface area (Å²) in [6.07, 6.45) is 5.17. The summed E-state index contributed by atoms with van der Waals surface area (Å²) in [6, 6.07) is 4.59. The van der Waals surface area contributed by atoms with E-state index in [-0.39, 0.29) is 17.7 Å². The number of amides is 1. The molecule has 1 saturated carbocycles. The first kappa shape index (κ1) is 14.2. The molecule has 1 amide bonds. The number of hydrogen-bond donors (Lipinski definition) is 2. The molecule has 3 rings (SSSR count). The van der Waals surface area contributed by atoms with Gasteiger partial charge in [-0.05, 0) is 25.0 Å². The van der Waals surface area contributed by atoms with Gasteiger partial charge in [0.1, 0.15) is 5.56 Å². The maximum Gasteiger partial charge on any atom is 0.260 e. The van der Waals surface area contributed by atoms with Crippen molar-refractivity contribution in [1.29, 1.82) is 0 Å². The number of hydrogen-bond acceptors (Lipinski definition) is 4. The Bertz CT molecular complexity index is 805. The predicted molar refractivity (Wildman–Crippen MR) is 79.9 cm³/mol. The number of H-pyrrole nitrogens is 1. The van der Waals surface area contributed by atoms with Crippen molar-refractivity contribution >= 4 is 5.91 Å². The first-order valence-corrected chi connectivity index (χ1v) is 7.17. The number of carbonyl (C=O) groups excluding carboxylic acids is 1. The molecule has 7 heteroatoms. The maximum atomic E-state index is 11.9. The van der Waals surface area contributed by atoms with E-state index in [2.05, 4.69) is 15.3 Å². The molecule has 1 aliphatic rings. The molecule has 22 heavy (non-hydrogen) atoms. The monoisotopic (exact) mass is 300 g/mol. The lowest BCUT2D eigenvalue weighted by molar-refractivity contribution is 0.0950. The van der Waals surface area contributed by atoms with Gasteiger partial charge < -0.3 is 10.3 Å². The Morgan fingerprint density at radius 2 is 2.23 bits per heavy atom. The lowest BCUT2D eigenvalue weighted by atomic mass is 10.2. The lowest BCUT2D eigenvalue weighted by Crippen LogP contribution is -2.33. The minimum absolute atomic E-state index is 0.0528. The number of rotatable bonds is 5.